The third-order valence-corrected chi connectivity index (χ3v) is 5.44. The van der Waals surface area contributed by atoms with Gasteiger partial charge in [0, 0.05) is 36.7 Å². The van der Waals surface area contributed by atoms with Crippen LogP contribution < -0.4 is 5.32 Å². The number of nitrogens with zero attached hydrogens (tertiary/aromatic N) is 1. The molecule has 1 saturated carbocycles. The second-order valence-electron chi connectivity index (χ2n) is 6.55. The van der Waals surface area contributed by atoms with E-state index in [9.17, 15) is 13.2 Å². The zero-order valence-corrected chi connectivity index (χ0v) is 15.8. The zero-order valence-electron chi connectivity index (χ0n) is 13.4. The monoisotopic (exact) mass is 426 g/mol. The second-order valence-corrected chi connectivity index (χ2v) is 7.46. The van der Waals surface area contributed by atoms with Crippen LogP contribution in [0.25, 0.3) is 0 Å². The summed E-state index contributed by atoms with van der Waals surface area (Å²) in [6.45, 7) is 3.61. The van der Waals surface area contributed by atoms with Crippen molar-refractivity contribution < 1.29 is 13.2 Å². The van der Waals surface area contributed by atoms with E-state index in [2.05, 4.69) is 26.1 Å². The molecule has 7 heteroatoms. The molecule has 0 amide bonds. The highest BCUT2D eigenvalue weighted by Crippen LogP contribution is 2.42. The molecule has 24 heavy (non-hydrogen) atoms. The maximum atomic E-state index is 13.2. The Balaban J connectivity index is 0.00000208. The first-order chi connectivity index (χ1) is 10.9. The van der Waals surface area contributed by atoms with Crippen LogP contribution in [-0.4, -0.2) is 31.1 Å². The molecule has 2 nitrogen and oxygen atoms in total. The summed E-state index contributed by atoms with van der Waals surface area (Å²) >= 11 is 3.28. The summed E-state index contributed by atoms with van der Waals surface area (Å²) in [4.78, 5) is 2.37. The average molecular weight is 428 g/mol. The normalized spacial score (nSPS) is 21.5. The molecular weight excluding hydrogens is 405 g/mol. The molecule has 0 bridgehead atoms. The van der Waals surface area contributed by atoms with Crippen LogP contribution in [-0.2, 0) is 6.18 Å². The minimum Gasteiger partial charge on any atom is -0.314 e. The van der Waals surface area contributed by atoms with Crippen molar-refractivity contribution in [3.05, 3.63) is 33.8 Å². The van der Waals surface area contributed by atoms with Gasteiger partial charge in [-0.3, -0.25) is 4.90 Å². The lowest BCUT2D eigenvalue weighted by Gasteiger charge is -2.39. The van der Waals surface area contributed by atoms with Crippen molar-refractivity contribution in [1.82, 2.24) is 10.2 Å². The van der Waals surface area contributed by atoms with Crippen LogP contribution in [0.3, 0.4) is 0 Å². The summed E-state index contributed by atoms with van der Waals surface area (Å²) in [5.41, 5.74) is 0.250. The maximum Gasteiger partial charge on any atom is 0.416 e. The van der Waals surface area contributed by atoms with Gasteiger partial charge in [-0.25, -0.2) is 0 Å². The number of alkyl halides is 3. The van der Waals surface area contributed by atoms with Crippen molar-refractivity contribution in [1.29, 1.82) is 0 Å². The summed E-state index contributed by atoms with van der Waals surface area (Å²) in [7, 11) is 0. The van der Waals surface area contributed by atoms with Crippen LogP contribution in [0.2, 0.25) is 0 Å². The summed E-state index contributed by atoms with van der Waals surface area (Å²) < 4.78 is 40.1. The summed E-state index contributed by atoms with van der Waals surface area (Å²) in [5.74, 6) is 0.462. The number of hydrogen-bond donors (Lipinski definition) is 1. The molecule has 1 aliphatic carbocycles. The summed E-state index contributed by atoms with van der Waals surface area (Å²) in [6.07, 6.45) is 0.300. The Morgan fingerprint density at radius 2 is 1.71 bits per heavy atom. The molecule has 1 aliphatic heterocycles. The number of nitrogens with one attached hydrogen (secondary N) is 1. The number of rotatable bonds is 3. The van der Waals surface area contributed by atoms with Gasteiger partial charge in [0.25, 0.3) is 0 Å². The van der Waals surface area contributed by atoms with Crippen LogP contribution in [0.15, 0.2) is 22.7 Å². The van der Waals surface area contributed by atoms with Crippen LogP contribution in [0.4, 0.5) is 13.2 Å². The molecule has 0 aromatic heterocycles. The van der Waals surface area contributed by atoms with Gasteiger partial charge in [0.1, 0.15) is 0 Å². The Morgan fingerprint density at radius 3 is 2.29 bits per heavy atom. The first-order valence-corrected chi connectivity index (χ1v) is 9.07. The lowest BCUT2D eigenvalue weighted by atomic mass is 9.89. The largest absolute Gasteiger partial charge is 0.416 e. The molecule has 1 atom stereocenters. The second kappa shape index (κ2) is 8.39. The number of halogens is 5. The van der Waals surface area contributed by atoms with Crippen LogP contribution in [0.1, 0.15) is 42.9 Å². The molecule has 2 fully saturated rings. The molecular formula is C17H23BrClF3N2. The third kappa shape index (κ3) is 4.65. The number of piperazine rings is 1. The van der Waals surface area contributed by atoms with E-state index in [0.29, 0.717) is 10.4 Å². The highest BCUT2D eigenvalue weighted by molar-refractivity contribution is 9.10. The van der Waals surface area contributed by atoms with Gasteiger partial charge in [-0.1, -0.05) is 28.8 Å². The number of hydrogen-bond acceptors (Lipinski definition) is 2. The van der Waals surface area contributed by atoms with Crippen molar-refractivity contribution in [2.45, 2.75) is 37.9 Å². The van der Waals surface area contributed by atoms with E-state index >= 15 is 0 Å². The fourth-order valence-corrected chi connectivity index (χ4v) is 4.47. The Bertz CT molecular complexity index is 541. The smallest absolute Gasteiger partial charge is 0.314 e. The minimum atomic E-state index is -4.30. The van der Waals surface area contributed by atoms with E-state index in [1.807, 2.05) is 6.07 Å². The fraction of sp³-hybridized carbons (Fsp3) is 0.647. The molecule has 1 aromatic carbocycles. The van der Waals surface area contributed by atoms with Crippen LogP contribution in [0, 0.1) is 5.92 Å². The van der Waals surface area contributed by atoms with E-state index in [-0.39, 0.29) is 18.4 Å². The summed E-state index contributed by atoms with van der Waals surface area (Å²) in [5, 5.41) is 3.33. The van der Waals surface area contributed by atoms with Gasteiger partial charge in [-0.05, 0) is 42.5 Å². The van der Waals surface area contributed by atoms with Crippen LogP contribution >= 0.6 is 28.3 Å². The molecule has 1 N–H and O–H groups in total. The first kappa shape index (κ1) is 20.0. The Kier molecular flexibility index (Phi) is 7.00. The molecule has 0 radical (unpaired) electrons. The SMILES string of the molecule is Cl.FC(F)(F)c1cc(Br)cc([C@H](C2CCCC2)N2CCNCC2)c1. The molecule has 2 aliphatic rings. The molecule has 0 spiro atoms. The zero-order chi connectivity index (χ0) is 16.4. The average Bonchev–Trinajstić information content (AvgIpc) is 3.01. The van der Waals surface area contributed by atoms with Gasteiger partial charge in [-0.2, -0.15) is 13.2 Å². The Hall–Kier alpha value is -0.300. The molecule has 136 valence electrons. The molecule has 1 aromatic rings. The van der Waals surface area contributed by atoms with E-state index < -0.39 is 11.7 Å². The van der Waals surface area contributed by atoms with Crippen LogP contribution in [0.5, 0.6) is 0 Å². The standard InChI is InChI=1S/C17H22BrF3N2.ClH/c18-15-10-13(9-14(11-15)17(19,20)21)16(12-3-1-2-4-12)23-7-5-22-6-8-23;/h9-12,16,22H,1-8H2;1H/t16-;/m0./s1. The first-order valence-electron chi connectivity index (χ1n) is 8.27. The van der Waals surface area contributed by atoms with E-state index in [1.54, 1.807) is 0 Å². The third-order valence-electron chi connectivity index (χ3n) is 4.98. The highest BCUT2D eigenvalue weighted by Gasteiger charge is 2.35. The van der Waals surface area contributed by atoms with E-state index in [1.165, 1.54) is 25.0 Å². The van der Waals surface area contributed by atoms with Gasteiger partial charge in [0.15, 0.2) is 0 Å². The van der Waals surface area contributed by atoms with Gasteiger partial charge in [0.2, 0.25) is 0 Å². The van der Waals surface area contributed by atoms with Gasteiger partial charge in [-0.15, -0.1) is 12.4 Å². The van der Waals surface area contributed by atoms with Crippen molar-refractivity contribution in [2.75, 3.05) is 26.2 Å². The Morgan fingerprint density at radius 1 is 1.08 bits per heavy atom. The molecule has 1 saturated heterocycles. The lowest BCUT2D eigenvalue weighted by molar-refractivity contribution is -0.137. The topological polar surface area (TPSA) is 15.3 Å². The van der Waals surface area contributed by atoms with Gasteiger partial charge >= 0.3 is 6.18 Å². The quantitative estimate of drug-likeness (QED) is 0.728. The minimum absolute atomic E-state index is 0. The highest BCUT2D eigenvalue weighted by atomic mass is 79.9. The van der Waals surface area contributed by atoms with Crippen molar-refractivity contribution in [2.24, 2.45) is 5.92 Å². The van der Waals surface area contributed by atoms with Crippen molar-refractivity contribution in [3.8, 4) is 0 Å². The lowest BCUT2D eigenvalue weighted by Crippen LogP contribution is -2.46. The molecule has 3 rings (SSSR count). The summed E-state index contributed by atoms with van der Waals surface area (Å²) in [6, 6.07) is 4.50. The Labute approximate surface area is 155 Å². The van der Waals surface area contributed by atoms with Gasteiger partial charge < -0.3 is 5.32 Å². The molecule has 0 unspecified atom stereocenters. The predicted molar refractivity (Wildman–Crippen MR) is 95.5 cm³/mol. The van der Waals surface area contributed by atoms with Crippen molar-refractivity contribution in [3.63, 3.8) is 0 Å². The molecule has 1 heterocycles. The maximum absolute atomic E-state index is 13.2. The van der Waals surface area contributed by atoms with E-state index in [4.69, 9.17) is 0 Å². The fourth-order valence-electron chi connectivity index (χ4n) is 3.96. The predicted octanol–water partition coefficient (Wildman–Crippen LogP) is 5.03. The van der Waals surface area contributed by atoms with E-state index in [0.717, 1.165) is 44.6 Å². The number of benzene rings is 1. The van der Waals surface area contributed by atoms with Gasteiger partial charge in [0.05, 0.1) is 5.56 Å². The van der Waals surface area contributed by atoms with Crippen molar-refractivity contribution >= 4 is 28.3 Å².